The van der Waals surface area contributed by atoms with Crippen molar-refractivity contribution in [2.45, 2.75) is 11.3 Å². The summed E-state index contributed by atoms with van der Waals surface area (Å²) in [5, 5.41) is 2.72. The number of nitrogens with one attached hydrogen (secondary N) is 2. The molecule has 2 aromatic rings. The molecule has 27 heavy (non-hydrogen) atoms. The number of sulfonamides is 1. The number of rotatable bonds is 8. The summed E-state index contributed by atoms with van der Waals surface area (Å²) >= 11 is 0. The number of hydrogen-bond donors (Lipinski definition) is 2. The second-order valence-electron chi connectivity index (χ2n) is 5.79. The fourth-order valence-electron chi connectivity index (χ4n) is 2.49. The van der Waals surface area contributed by atoms with Gasteiger partial charge in [-0.1, -0.05) is 6.07 Å². The van der Waals surface area contributed by atoms with Gasteiger partial charge >= 0.3 is 0 Å². The number of ether oxygens (including phenoxy) is 3. The molecule has 9 heteroatoms. The van der Waals surface area contributed by atoms with Crippen LogP contribution in [0.25, 0.3) is 0 Å². The molecule has 0 radical (unpaired) electrons. The summed E-state index contributed by atoms with van der Waals surface area (Å²) in [6, 6.07) is 10.9. The van der Waals surface area contributed by atoms with Crippen LogP contribution in [0.3, 0.4) is 0 Å². The Labute approximate surface area is 157 Å². The summed E-state index contributed by atoms with van der Waals surface area (Å²) in [5.74, 6) is 0.732. The zero-order valence-electron chi connectivity index (χ0n) is 14.7. The molecular formula is C18H20N2O6S. The first-order valence-electron chi connectivity index (χ1n) is 8.29. The van der Waals surface area contributed by atoms with E-state index in [4.69, 9.17) is 14.2 Å². The predicted molar refractivity (Wildman–Crippen MR) is 98.6 cm³/mol. The van der Waals surface area contributed by atoms with Crippen LogP contribution in [0.4, 0.5) is 5.69 Å². The lowest BCUT2D eigenvalue weighted by Gasteiger charge is -2.09. The third kappa shape index (κ3) is 4.76. The highest BCUT2D eigenvalue weighted by atomic mass is 32.2. The molecule has 0 bridgehead atoms. The van der Waals surface area contributed by atoms with Gasteiger partial charge in [-0.2, -0.15) is 0 Å². The average molecular weight is 392 g/mol. The summed E-state index contributed by atoms with van der Waals surface area (Å²) in [6.45, 7) is 0.855. The first kappa shape index (κ1) is 19.2. The number of methoxy groups -OCH3 is 1. The van der Waals surface area contributed by atoms with Gasteiger partial charge < -0.3 is 19.5 Å². The van der Waals surface area contributed by atoms with Crippen molar-refractivity contribution in [1.29, 1.82) is 0 Å². The van der Waals surface area contributed by atoms with Crippen LogP contribution in [-0.4, -0.2) is 41.4 Å². The molecule has 0 saturated heterocycles. The maximum absolute atomic E-state index is 12.5. The Balaban J connectivity index is 1.70. The Hall–Kier alpha value is -2.62. The third-order valence-corrected chi connectivity index (χ3v) is 5.31. The Bertz CT molecular complexity index is 929. The fourth-order valence-corrected chi connectivity index (χ4v) is 3.61. The fraction of sp³-hybridized carbons (Fsp3) is 0.278. The van der Waals surface area contributed by atoms with E-state index >= 15 is 0 Å². The standard InChI is InChI=1S/C18H20N2O6S/c1-24-9-3-8-19-27(22,23)15-5-2-4-13(10-15)18(21)20-14-6-7-16-17(11-14)26-12-25-16/h2,4-7,10-11,19H,3,8-9,12H2,1H3,(H,20,21). The molecule has 0 aromatic heterocycles. The van der Waals surface area contributed by atoms with Crippen molar-refractivity contribution in [2.75, 3.05) is 32.4 Å². The lowest BCUT2D eigenvalue weighted by Crippen LogP contribution is -2.26. The van der Waals surface area contributed by atoms with Gasteiger partial charge in [0.25, 0.3) is 5.91 Å². The van der Waals surface area contributed by atoms with Crippen LogP contribution in [0.5, 0.6) is 11.5 Å². The van der Waals surface area contributed by atoms with E-state index in [0.717, 1.165) is 0 Å². The number of anilines is 1. The highest BCUT2D eigenvalue weighted by Gasteiger charge is 2.17. The molecule has 2 N–H and O–H groups in total. The largest absolute Gasteiger partial charge is 0.454 e. The predicted octanol–water partition coefficient (Wildman–Crippen LogP) is 1.98. The molecule has 8 nitrogen and oxygen atoms in total. The highest BCUT2D eigenvalue weighted by Crippen LogP contribution is 2.34. The van der Waals surface area contributed by atoms with E-state index in [2.05, 4.69) is 10.0 Å². The minimum Gasteiger partial charge on any atom is -0.454 e. The van der Waals surface area contributed by atoms with Gasteiger partial charge in [0.05, 0.1) is 4.90 Å². The van der Waals surface area contributed by atoms with Crippen LogP contribution in [0, 0.1) is 0 Å². The molecule has 0 saturated carbocycles. The smallest absolute Gasteiger partial charge is 0.255 e. The SMILES string of the molecule is COCCCNS(=O)(=O)c1cccc(C(=O)Nc2ccc3c(c2)OCO3)c1. The van der Waals surface area contributed by atoms with Gasteiger partial charge in [0.2, 0.25) is 16.8 Å². The first-order chi connectivity index (χ1) is 13.0. The van der Waals surface area contributed by atoms with Gasteiger partial charge in [0.1, 0.15) is 0 Å². The Kier molecular flexibility index (Phi) is 5.94. The Morgan fingerprint density at radius 2 is 1.96 bits per heavy atom. The number of fused-ring (bicyclic) bond motifs is 1. The van der Waals surface area contributed by atoms with Gasteiger partial charge in [0.15, 0.2) is 11.5 Å². The molecule has 1 heterocycles. The van der Waals surface area contributed by atoms with Crippen molar-refractivity contribution in [1.82, 2.24) is 4.72 Å². The number of carbonyl (C=O) groups excluding carboxylic acids is 1. The molecule has 144 valence electrons. The monoisotopic (exact) mass is 392 g/mol. The van der Waals surface area contributed by atoms with Crippen LogP contribution >= 0.6 is 0 Å². The van der Waals surface area contributed by atoms with E-state index in [0.29, 0.717) is 30.2 Å². The second kappa shape index (κ2) is 8.38. The van der Waals surface area contributed by atoms with E-state index < -0.39 is 15.9 Å². The minimum atomic E-state index is -3.70. The van der Waals surface area contributed by atoms with Gasteiger partial charge in [0, 0.05) is 37.6 Å². The van der Waals surface area contributed by atoms with Crippen LogP contribution < -0.4 is 19.5 Å². The molecule has 0 aliphatic carbocycles. The van der Waals surface area contributed by atoms with E-state index in [1.807, 2.05) is 0 Å². The molecule has 0 unspecified atom stereocenters. The molecule has 2 aromatic carbocycles. The van der Waals surface area contributed by atoms with Crippen molar-refractivity contribution >= 4 is 21.6 Å². The summed E-state index contributed by atoms with van der Waals surface area (Å²) in [5.41, 5.74) is 0.752. The highest BCUT2D eigenvalue weighted by molar-refractivity contribution is 7.89. The third-order valence-electron chi connectivity index (χ3n) is 3.85. The Morgan fingerprint density at radius 1 is 1.15 bits per heavy atom. The van der Waals surface area contributed by atoms with Crippen molar-refractivity contribution in [3.05, 3.63) is 48.0 Å². The molecule has 0 atom stereocenters. The van der Waals surface area contributed by atoms with Crippen LogP contribution in [0.15, 0.2) is 47.4 Å². The van der Waals surface area contributed by atoms with Crippen LogP contribution in [0.1, 0.15) is 16.8 Å². The van der Waals surface area contributed by atoms with Gasteiger partial charge in [-0.15, -0.1) is 0 Å². The molecule has 0 fully saturated rings. The lowest BCUT2D eigenvalue weighted by atomic mass is 10.2. The molecule has 0 spiro atoms. The van der Waals surface area contributed by atoms with Crippen molar-refractivity contribution in [3.8, 4) is 11.5 Å². The zero-order valence-corrected chi connectivity index (χ0v) is 15.5. The minimum absolute atomic E-state index is 0.0262. The topological polar surface area (TPSA) is 103 Å². The van der Waals surface area contributed by atoms with E-state index in [-0.39, 0.29) is 23.8 Å². The van der Waals surface area contributed by atoms with Gasteiger partial charge in [-0.25, -0.2) is 13.1 Å². The van der Waals surface area contributed by atoms with Gasteiger partial charge in [-0.3, -0.25) is 4.79 Å². The van der Waals surface area contributed by atoms with Gasteiger partial charge in [-0.05, 0) is 36.8 Å². The first-order valence-corrected chi connectivity index (χ1v) is 9.77. The van der Waals surface area contributed by atoms with Crippen molar-refractivity contribution in [3.63, 3.8) is 0 Å². The molecule has 1 aliphatic heterocycles. The summed E-state index contributed by atoms with van der Waals surface area (Å²) in [6.07, 6.45) is 0.556. The van der Waals surface area contributed by atoms with E-state index in [9.17, 15) is 13.2 Å². The molecule has 1 amide bonds. The van der Waals surface area contributed by atoms with Crippen molar-refractivity contribution < 1.29 is 27.4 Å². The number of hydrogen-bond acceptors (Lipinski definition) is 6. The average Bonchev–Trinajstić information content (AvgIpc) is 3.13. The molecule has 1 aliphatic rings. The number of amides is 1. The summed E-state index contributed by atoms with van der Waals surface area (Å²) < 4.78 is 42.6. The maximum Gasteiger partial charge on any atom is 0.255 e. The normalized spacial score (nSPS) is 12.8. The van der Waals surface area contributed by atoms with Crippen molar-refractivity contribution in [2.24, 2.45) is 0 Å². The maximum atomic E-state index is 12.5. The quantitative estimate of drug-likeness (QED) is 0.666. The lowest BCUT2D eigenvalue weighted by molar-refractivity contribution is 0.102. The second-order valence-corrected chi connectivity index (χ2v) is 7.56. The summed E-state index contributed by atoms with van der Waals surface area (Å²) in [4.78, 5) is 12.5. The Morgan fingerprint density at radius 3 is 2.78 bits per heavy atom. The van der Waals surface area contributed by atoms with E-state index in [1.54, 1.807) is 31.4 Å². The molecular weight excluding hydrogens is 372 g/mol. The number of carbonyl (C=O) groups is 1. The van der Waals surface area contributed by atoms with Crippen LogP contribution in [0.2, 0.25) is 0 Å². The van der Waals surface area contributed by atoms with Crippen LogP contribution in [-0.2, 0) is 14.8 Å². The number of benzene rings is 2. The molecule has 3 rings (SSSR count). The zero-order chi connectivity index (χ0) is 19.3. The summed E-state index contributed by atoms with van der Waals surface area (Å²) in [7, 11) is -2.15. The van der Waals surface area contributed by atoms with E-state index in [1.165, 1.54) is 18.2 Å².